The highest BCUT2D eigenvalue weighted by Crippen LogP contribution is 2.29. The molecule has 0 radical (unpaired) electrons. The molecule has 2 aromatic heterocycles. The highest BCUT2D eigenvalue weighted by Gasteiger charge is 2.09. The molecule has 0 amide bonds. The van der Waals surface area contributed by atoms with Crippen LogP contribution in [0.25, 0.3) is 16.7 Å². The maximum absolute atomic E-state index is 11.8. The van der Waals surface area contributed by atoms with Gasteiger partial charge in [0.2, 0.25) is 0 Å². The highest BCUT2D eigenvalue weighted by atomic mass is 79.9. The summed E-state index contributed by atoms with van der Waals surface area (Å²) in [4.78, 5) is 11.8. The number of benzene rings is 1. The van der Waals surface area contributed by atoms with Gasteiger partial charge in [-0.1, -0.05) is 22.0 Å². The fourth-order valence-electron chi connectivity index (χ4n) is 1.83. The van der Waals surface area contributed by atoms with Gasteiger partial charge in [0.15, 0.2) is 5.58 Å². The zero-order valence-electron chi connectivity index (χ0n) is 8.76. The number of halogens is 1. The summed E-state index contributed by atoms with van der Waals surface area (Å²) in [7, 11) is 0. The predicted octanol–water partition coefficient (Wildman–Crippen LogP) is 3.35. The first-order chi connectivity index (χ1) is 8.27. The van der Waals surface area contributed by atoms with Crippen molar-refractivity contribution in [2.45, 2.75) is 0 Å². The molecule has 0 unspecified atom stereocenters. The molecule has 0 spiro atoms. The van der Waals surface area contributed by atoms with Crippen LogP contribution in [0, 0.1) is 0 Å². The van der Waals surface area contributed by atoms with E-state index in [1.807, 2.05) is 24.3 Å². The van der Waals surface area contributed by atoms with Crippen molar-refractivity contribution in [1.82, 2.24) is 4.57 Å². The van der Waals surface area contributed by atoms with Crippen LogP contribution in [0.15, 0.2) is 62.5 Å². The van der Waals surface area contributed by atoms with Gasteiger partial charge >= 0.3 is 0 Å². The van der Waals surface area contributed by atoms with Crippen LogP contribution >= 0.6 is 15.9 Å². The number of rotatable bonds is 1. The molecule has 0 bridgehead atoms. The molecule has 3 rings (SSSR count). The van der Waals surface area contributed by atoms with Crippen LogP contribution in [0.2, 0.25) is 0 Å². The molecule has 0 saturated carbocycles. The van der Waals surface area contributed by atoms with Gasteiger partial charge in [0.25, 0.3) is 5.56 Å². The SMILES string of the molecule is O=c1ccccn1-c1ccc(Br)c2ccoc12. The fourth-order valence-corrected chi connectivity index (χ4v) is 2.27. The summed E-state index contributed by atoms with van der Waals surface area (Å²) >= 11 is 3.45. The number of aromatic nitrogens is 1. The van der Waals surface area contributed by atoms with E-state index in [1.165, 1.54) is 6.07 Å². The van der Waals surface area contributed by atoms with Gasteiger partial charge in [-0.3, -0.25) is 9.36 Å². The molecule has 17 heavy (non-hydrogen) atoms. The van der Waals surface area contributed by atoms with Gasteiger partial charge < -0.3 is 4.42 Å². The molecule has 0 aliphatic heterocycles. The van der Waals surface area contributed by atoms with Crippen molar-refractivity contribution in [3.05, 3.63) is 63.7 Å². The van der Waals surface area contributed by atoms with Crippen molar-refractivity contribution in [3.8, 4) is 5.69 Å². The lowest BCUT2D eigenvalue weighted by molar-refractivity contribution is 0.612. The van der Waals surface area contributed by atoms with Crippen molar-refractivity contribution >= 4 is 26.9 Å². The lowest BCUT2D eigenvalue weighted by Gasteiger charge is -2.06. The third-order valence-electron chi connectivity index (χ3n) is 2.62. The van der Waals surface area contributed by atoms with Crippen LogP contribution in [-0.4, -0.2) is 4.57 Å². The first-order valence-electron chi connectivity index (χ1n) is 5.11. The van der Waals surface area contributed by atoms with Crippen molar-refractivity contribution in [1.29, 1.82) is 0 Å². The van der Waals surface area contributed by atoms with E-state index in [1.54, 1.807) is 23.1 Å². The number of fused-ring (bicyclic) bond motifs is 1. The smallest absolute Gasteiger partial charge is 0.255 e. The number of pyridine rings is 1. The Labute approximate surface area is 105 Å². The minimum Gasteiger partial charge on any atom is -0.462 e. The molecular weight excluding hydrogens is 282 g/mol. The Bertz CT molecular complexity index is 742. The zero-order valence-corrected chi connectivity index (χ0v) is 10.3. The zero-order chi connectivity index (χ0) is 11.8. The van der Waals surface area contributed by atoms with Gasteiger partial charge in [0, 0.05) is 22.1 Å². The minimum absolute atomic E-state index is 0.0764. The van der Waals surface area contributed by atoms with Gasteiger partial charge in [0.1, 0.15) is 0 Å². The molecule has 2 heterocycles. The van der Waals surface area contributed by atoms with E-state index < -0.39 is 0 Å². The third-order valence-corrected chi connectivity index (χ3v) is 3.32. The predicted molar refractivity (Wildman–Crippen MR) is 69.5 cm³/mol. The van der Waals surface area contributed by atoms with E-state index in [-0.39, 0.29) is 5.56 Å². The quantitative estimate of drug-likeness (QED) is 0.689. The van der Waals surface area contributed by atoms with Crippen LogP contribution in [0.4, 0.5) is 0 Å². The van der Waals surface area contributed by atoms with Crippen molar-refractivity contribution < 1.29 is 4.42 Å². The lowest BCUT2D eigenvalue weighted by Crippen LogP contribution is -2.15. The van der Waals surface area contributed by atoms with E-state index in [0.717, 1.165) is 15.5 Å². The molecule has 0 aliphatic rings. The number of nitrogens with zero attached hydrogens (tertiary/aromatic N) is 1. The van der Waals surface area contributed by atoms with Crippen molar-refractivity contribution in [2.24, 2.45) is 0 Å². The topological polar surface area (TPSA) is 35.1 Å². The monoisotopic (exact) mass is 289 g/mol. The normalized spacial score (nSPS) is 10.9. The Morgan fingerprint density at radius 1 is 1.12 bits per heavy atom. The lowest BCUT2D eigenvalue weighted by atomic mass is 10.2. The van der Waals surface area contributed by atoms with Crippen LogP contribution in [0.5, 0.6) is 0 Å². The second kappa shape index (κ2) is 3.89. The van der Waals surface area contributed by atoms with Crippen molar-refractivity contribution in [2.75, 3.05) is 0 Å². The minimum atomic E-state index is -0.0764. The van der Waals surface area contributed by atoms with E-state index in [4.69, 9.17) is 4.42 Å². The van der Waals surface area contributed by atoms with E-state index in [0.29, 0.717) is 5.58 Å². The van der Waals surface area contributed by atoms with Crippen LogP contribution in [-0.2, 0) is 0 Å². The summed E-state index contributed by atoms with van der Waals surface area (Å²) in [6, 6.07) is 10.7. The molecule has 1 aromatic carbocycles. The molecule has 0 fully saturated rings. The molecule has 0 N–H and O–H groups in total. The number of hydrogen-bond donors (Lipinski definition) is 0. The Kier molecular flexibility index (Phi) is 2.37. The summed E-state index contributed by atoms with van der Waals surface area (Å²) in [6.45, 7) is 0. The summed E-state index contributed by atoms with van der Waals surface area (Å²) in [5, 5.41) is 0.957. The molecule has 0 saturated heterocycles. The Balaban J connectivity index is 2.39. The summed E-state index contributed by atoms with van der Waals surface area (Å²) < 4.78 is 7.97. The molecule has 4 heteroatoms. The summed E-state index contributed by atoms with van der Waals surface area (Å²) in [5.74, 6) is 0. The van der Waals surface area contributed by atoms with E-state index in [9.17, 15) is 4.79 Å². The van der Waals surface area contributed by atoms with Crippen molar-refractivity contribution in [3.63, 3.8) is 0 Å². The number of furan rings is 1. The average Bonchev–Trinajstić information content (AvgIpc) is 2.81. The summed E-state index contributed by atoms with van der Waals surface area (Å²) in [6.07, 6.45) is 3.35. The third kappa shape index (κ3) is 1.61. The van der Waals surface area contributed by atoms with Crippen LogP contribution in [0.1, 0.15) is 0 Å². The maximum Gasteiger partial charge on any atom is 0.255 e. The maximum atomic E-state index is 11.8. The van der Waals surface area contributed by atoms with Crippen LogP contribution < -0.4 is 5.56 Å². The molecule has 3 aromatic rings. The number of hydrogen-bond acceptors (Lipinski definition) is 2. The first kappa shape index (κ1) is 10.4. The molecule has 3 nitrogen and oxygen atoms in total. The van der Waals surface area contributed by atoms with Gasteiger partial charge in [-0.15, -0.1) is 0 Å². The van der Waals surface area contributed by atoms with E-state index >= 15 is 0 Å². The van der Waals surface area contributed by atoms with Gasteiger partial charge in [-0.25, -0.2) is 0 Å². The van der Waals surface area contributed by atoms with Gasteiger partial charge in [-0.2, -0.15) is 0 Å². The second-order valence-corrected chi connectivity index (χ2v) is 4.49. The van der Waals surface area contributed by atoms with Gasteiger partial charge in [-0.05, 0) is 24.3 Å². The van der Waals surface area contributed by atoms with Crippen LogP contribution in [0.3, 0.4) is 0 Å². The Morgan fingerprint density at radius 3 is 2.82 bits per heavy atom. The first-order valence-corrected chi connectivity index (χ1v) is 5.90. The standard InChI is InChI=1S/C13H8BrNO2/c14-10-4-5-11(13-9(10)6-8-17-13)15-7-2-1-3-12(15)16/h1-8H. The molecule has 0 aliphatic carbocycles. The molecular formula is C13H8BrNO2. The molecule has 84 valence electrons. The molecule has 0 atom stereocenters. The second-order valence-electron chi connectivity index (χ2n) is 3.64. The summed E-state index contributed by atoms with van der Waals surface area (Å²) in [5.41, 5.74) is 1.37. The van der Waals surface area contributed by atoms with Gasteiger partial charge in [0.05, 0.1) is 12.0 Å². The fraction of sp³-hybridized carbons (Fsp3) is 0. The average molecular weight is 290 g/mol. The largest absolute Gasteiger partial charge is 0.462 e. The Hall–Kier alpha value is -1.81. The highest BCUT2D eigenvalue weighted by molar-refractivity contribution is 9.10. The Morgan fingerprint density at radius 2 is 2.00 bits per heavy atom. The van der Waals surface area contributed by atoms with E-state index in [2.05, 4.69) is 15.9 Å².